The van der Waals surface area contributed by atoms with E-state index in [4.69, 9.17) is 0 Å². The van der Waals surface area contributed by atoms with Crippen LogP contribution < -0.4 is 0 Å². The molecule has 1 heterocycles. The van der Waals surface area contributed by atoms with Gasteiger partial charge >= 0.3 is 0 Å². The molecular weight excluding hydrogens is 182 g/mol. The second-order valence-electron chi connectivity index (χ2n) is 4.23. The third-order valence-corrected chi connectivity index (χ3v) is 3.72. The summed E-state index contributed by atoms with van der Waals surface area (Å²) in [6.07, 6.45) is 8.06. The van der Waals surface area contributed by atoms with E-state index in [-0.39, 0.29) is 5.41 Å². The second-order valence-corrected chi connectivity index (χ2v) is 4.23. The molecule has 1 heteroatoms. The van der Waals surface area contributed by atoms with Gasteiger partial charge in [-0.2, -0.15) is 0 Å². The molecule has 15 heavy (non-hydrogen) atoms. The zero-order valence-corrected chi connectivity index (χ0v) is 10.3. The van der Waals surface area contributed by atoms with Crippen LogP contribution in [0.15, 0.2) is 30.2 Å². The highest BCUT2D eigenvalue weighted by atomic mass is 15.1. The Morgan fingerprint density at radius 3 is 2.47 bits per heavy atom. The average molecular weight is 205 g/mol. The van der Waals surface area contributed by atoms with E-state index in [0.717, 1.165) is 19.5 Å². The van der Waals surface area contributed by atoms with Crippen molar-refractivity contribution in [2.24, 2.45) is 5.41 Å². The summed E-state index contributed by atoms with van der Waals surface area (Å²) in [7, 11) is 0. The minimum absolute atomic E-state index is 0.269. The first-order valence-corrected chi connectivity index (χ1v) is 6.04. The molecular formula is C14H23N. The van der Waals surface area contributed by atoms with Crippen LogP contribution in [0.3, 0.4) is 0 Å². The van der Waals surface area contributed by atoms with Crippen molar-refractivity contribution in [1.29, 1.82) is 0 Å². The molecule has 1 nitrogen and oxygen atoms in total. The van der Waals surface area contributed by atoms with Crippen LogP contribution in [0.4, 0.5) is 0 Å². The van der Waals surface area contributed by atoms with Gasteiger partial charge in [0.25, 0.3) is 0 Å². The van der Waals surface area contributed by atoms with Gasteiger partial charge in [0.05, 0.1) is 5.70 Å². The smallest absolute Gasteiger partial charge is 0.0626 e. The van der Waals surface area contributed by atoms with Crippen LogP contribution in [0, 0.1) is 5.41 Å². The van der Waals surface area contributed by atoms with Crippen LogP contribution in [0.1, 0.15) is 40.0 Å². The molecule has 84 valence electrons. The van der Waals surface area contributed by atoms with Crippen LogP contribution in [0.25, 0.3) is 0 Å². The first-order valence-electron chi connectivity index (χ1n) is 6.04. The molecule has 1 aliphatic rings. The molecule has 0 aromatic rings. The van der Waals surface area contributed by atoms with Gasteiger partial charge in [0, 0.05) is 18.5 Å². The van der Waals surface area contributed by atoms with Gasteiger partial charge in [-0.15, -0.1) is 5.73 Å². The van der Waals surface area contributed by atoms with Gasteiger partial charge in [0.1, 0.15) is 0 Å². The van der Waals surface area contributed by atoms with E-state index in [1.54, 1.807) is 0 Å². The molecule has 0 aromatic carbocycles. The molecule has 0 saturated heterocycles. The van der Waals surface area contributed by atoms with E-state index in [2.05, 4.69) is 50.1 Å². The Labute approximate surface area is 94.2 Å². The van der Waals surface area contributed by atoms with Gasteiger partial charge in [0.15, 0.2) is 0 Å². The number of nitrogens with zero attached hydrogens (tertiary/aromatic N) is 1. The van der Waals surface area contributed by atoms with Crippen LogP contribution in [-0.4, -0.2) is 18.0 Å². The van der Waals surface area contributed by atoms with Gasteiger partial charge < -0.3 is 4.90 Å². The maximum absolute atomic E-state index is 3.88. The fourth-order valence-electron chi connectivity index (χ4n) is 2.49. The van der Waals surface area contributed by atoms with E-state index in [0.29, 0.717) is 0 Å². The summed E-state index contributed by atoms with van der Waals surface area (Å²) in [6.45, 7) is 12.7. The van der Waals surface area contributed by atoms with E-state index in [1.807, 2.05) is 0 Å². The van der Waals surface area contributed by atoms with Gasteiger partial charge in [0.2, 0.25) is 0 Å². The Morgan fingerprint density at radius 2 is 2.00 bits per heavy atom. The summed E-state index contributed by atoms with van der Waals surface area (Å²) in [4.78, 5) is 2.39. The SMILES string of the molecule is C=C=C1N(CC)CC=CCC1(CC)CC. The summed E-state index contributed by atoms with van der Waals surface area (Å²) >= 11 is 0. The third kappa shape index (κ3) is 2.18. The summed E-state index contributed by atoms with van der Waals surface area (Å²) in [6, 6.07) is 0. The lowest BCUT2D eigenvalue weighted by Gasteiger charge is -2.37. The molecule has 1 rings (SSSR count). The van der Waals surface area contributed by atoms with E-state index < -0.39 is 0 Å². The van der Waals surface area contributed by atoms with Crippen molar-refractivity contribution >= 4 is 0 Å². The van der Waals surface area contributed by atoms with Crippen molar-refractivity contribution in [3.05, 3.63) is 30.2 Å². The Bertz CT molecular complexity index is 278. The predicted octanol–water partition coefficient (Wildman–Crippen LogP) is 3.74. The fraction of sp³-hybridized carbons (Fsp3) is 0.643. The standard InChI is InChI=1S/C14H23N/c1-5-13-14(6-2,7-3)11-9-10-12-15(13)8-4/h9-10H,1,6-8,11-12H2,2-4H3. The van der Waals surface area contributed by atoms with Crippen LogP contribution >= 0.6 is 0 Å². The summed E-state index contributed by atoms with van der Waals surface area (Å²) in [5, 5.41) is 0. The number of hydrogen-bond donors (Lipinski definition) is 0. The monoisotopic (exact) mass is 205 g/mol. The van der Waals surface area contributed by atoms with Gasteiger partial charge in [-0.05, 0) is 26.2 Å². The molecule has 0 radical (unpaired) electrons. The van der Waals surface area contributed by atoms with Crippen LogP contribution in [0.5, 0.6) is 0 Å². The molecule has 0 N–H and O–H groups in total. The Balaban J connectivity index is 3.12. The minimum Gasteiger partial charge on any atom is -0.365 e. The first kappa shape index (κ1) is 12.1. The number of rotatable bonds is 3. The van der Waals surface area contributed by atoms with Gasteiger partial charge in [-0.1, -0.05) is 32.6 Å². The molecule has 0 aliphatic carbocycles. The highest BCUT2D eigenvalue weighted by Gasteiger charge is 2.33. The summed E-state index contributed by atoms with van der Waals surface area (Å²) < 4.78 is 0. The quantitative estimate of drug-likeness (QED) is 0.501. The highest BCUT2D eigenvalue weighted by molar-refractivity contribution is 5.17. The lowest BCUT2D eigenvalue weighted by Crippen LogP contribution is -2.33. The molecule has 0 aromatic heterocycles. The molecule has 0 atom stereocenters. The van der Waals surface area contributed by atoms with Crippen molar-refractivity contribution in [3.8, 4) is 0 Å². The maximum atomic E-state index is 3.88. The second kappa shape index (κ2) is 5.23. The van der Waals surface area contributed by atoms with Gasteiger partial charge in [-0.25, -0.2) is 0 Å². The average Bonchev–Trinajstić information content (AvgIpc) is 2.47. The number of hydrogen-bond acceptors (Lipinski definition) is 1. The molecule has 0 bridgehead atoms. The summed E-state index contributed by atoms with van der Waals surface area (Å²) in [5.74, 6) is 0. The van der Waals surface area contributed by atoms with Crippen molar-refractivity contribution < 1.29 is 0 Å². The molecule has 0 fully saturated rings. The van der Waals surface area contributed by atoms with Crippen molar-refractivity contribution in [1.82, 2.24) is 4.90 Å². The lowest BCUT2D eigenvalue weighted by atomic mass is 9.76. The van der Waals surface area contributed by atoms with E-state index in [1.165, 1.54) is 18.5 Å². The first-order chi connectivity index (χ1) is 7.24. The van der Waals surface area contributed by atoms with Crippen LogP contribution in [-0.2, 0) is 0 Å². The Morgan fingerprint density at radius 1 is 1.33 bits per heavy atom. The highest BCUT2D eigenvalue weighted by Crippen LogP contribution is 2.41. The molecule has 0 spiro atoms. The van der Waals surface area contributed by atoms with Crippen LogP contribution in [0.2, 0.25) is 0 Å². The normalized spacial score (nSPS) is 19.9. The molecule has 0 unspecified atom stereocenters. The minimum atomic E-state index is 0.269. The van der Waals surface area contributed by atoms with Crippen molar-refractivity contribution in [2.45, 2.75) is 40.0 Å². The molecule has 0 amide bonds. The van der Waals surface area contributed by atoms with Crippen molar-refractivity contribution in [2.75, 3.05) is 13.1 Å². The van der Waals surface area contributed by atoms with Crippen molar-refractivity contribution in [3.63, 3.8) is 0 Å². The zero-order chi connectivity index (χ0) is 11.3. The van der Waals surface area contributed by atoms with Gasteiger partial charge in [-0.3, -0.25) is 0 Å². The largest absolute Gasteiger partial charge is 0.365 e. The Hall–Kier alpha value is -0.940. The lowest BCUT2D eigenvalue weighted by molar-refractivity contribution is 0.237. The maximum Gasteiger partial charge on any atom is 0.0626 e. The number of likely N-dealkylation sites (N-methyl/N-ethyl adjacent to an activating group) is 1. The zero-order valence-electron chi connectivity index (χ0n) is 10.3. The predicted molar refractivity (Wildman–Crippen MR) is 66.7 cm³/mol. The van der Waals surface area contributed by atoms with E-state index in [9.17, 15) is 0 Å². The fourth-order valence-corrected chi connectivity index (χ4v) is 2.49. The Kier molecular flexibility index (Phi) is 4.23. The molecule has 0 saturated carbocycles. The van der Waals surface area contributed by atoms with E-state index >= 15 is 0 Å². The topological polar surface area (TPSA) is 3.24 Å². The third-order valence-electron chi connectivity index (χ3n) is 3.72. The summed E-state index contributed by atoms with van der Waals surface area (Å²) in [5.41, 5.74) is 4.78. The number of allylic oxidation sites excluding steroid dienone is 2. The molecule has 1 aliphatic heterocycles.